The molecule has 9 nitrogen and oxygen atoms in total. The molecule has 3 heterocycles. The van der Waals surface area contributed by atoms with Crippen LogP contribution in [0.4, 0.5) is 5.69 Å². The minimum Gasteiger partial charge on any atom is -0.507 e. The highest BCUT2D eigenvalue weighted by Crippen LogP contribution is 2.66. The molecule has 0 radical (unpaired) electrons. The second-order valence-corrected chi connectivity index (χ2v) is 14.7. The number of thiophene rings is 1. The molecule has 2 aliphatic carbocycles. The van der Waals surface area contributed by atoms with Gasteiger partial charge >= 0.3 is 0 Å². The van der Waals surface area contributed by atoms with Crippen LogP contribution in [-0.4, -0.2) is 47.9 Å². The average molecular weight is 709 g/mol. The first kappa shape index (κ1) is 32.3. The fraction of sp³-hybridized carbons (Fsp3) is 0.282. The zero-order chi connectivity index (χ0) is 34.9. The molecule has 50 heavy (non-hydrogen) atoms. The molecule has 4 amide bonds. The van der Waals surface area contributed by atoms with E-state index in [1.807, 2.05) is 53.9 Å². The molecule has 0 unspecified atom stereocenters. The van der Waals surface area contributed by atoms with Crippen molar-refractivity contribution < 1.29 is 33.8 Å². The van der Waals surface area contributed by atoms with E-state index in [0.29, 0.717) is 27.6 Å². The van der Waals surface area contributed by atoms with Gasteiger partial charge in [0.05, 0.1) is 49.6 Å². The van der Waals surface area contributed by atoms with Crippen LogP contribution in [0, 0.1) is 23.7 Å². The molecule has 1 aromatic heterocycles. The first-order chi connectivity index (χ1) is 24.2. The number of benzene rings is 3. The maximum absolute atomic E-state index is 15.4. The number of imide groups is 2. The van der Waals surface area contributed by atoms with Crippen LogP contribution in [0.2, 0.25) is 5.02 Å². The standard InChI is InChI=1S/C39H33ClN2O7S/c1-48-24-17-30(43)33(31(18-24)49-2)34-26-13-14-27-32(37(46)41(35(27)44)20-25-12-7-15-50-25)28(26)19-29-36(45)42(23-11-6-10-22(40)16-23)38(47)39(29,34)21-8-4-3-5-9-21/h3-13,15-18,27-29,32,34,43H,14,19-20H2,1-2H3/t27-,28+,29-,32-,34+,39+/m0/s1. The van der Waals surface area contributed by atoms with Crippen LogP contribution >= 0.6 is 22.9 Å². The van der Waals surface area contributed by atoms with Gasteiger partial charge in [-0.2, -0.15) is 0 Å². The van der Waals surface area contributed by atoms with E-state index in [1.165, 1.54) is 41.4 Å². The Kier molecular flexibility index (Phi) is 7.84. The van der Waals surface area contributed by atoms with Gasteiger partial charge in [0.1, 0.15) is 17.2 Å². The number of amides is 4. The first-order valence-corrected chi connectivity index (χ1v) is 17.7. The Morgan fingerprint density at radius 3 is 2.40 bits per heavy atom. The number of hydrogen-bond donors (Lipinski definition) is 1. The van der Waals surface area contributed by atoms with E-state index in [0.717, 1.165) is 10.5 Å². The van der Waals surface area contributed by atoms with Crippen LogP contribution in [0.1, 0.15) is 34.8 Å². The number of fused-ring (bicyclic) bond motifs is 4. The third-order valence-electron chi connectivity index (χ3n) is 11.0. The van der Waals surface area contributed by atoms with Gasteiger partial charge < -0.3 is 14.6 Å². The number of methoxy groups -OCH3 is 2. The number of nitrogens with zero attached hydrogens (tertiary/aromatic N) is 2. The molecule has 1 saturated carbocycles. The minimum atomic E-state index is -1.56. The van der Waals surface area contributed by atoms with E-state index in [9.17, 15) is 19.5 Å². The third-order valence-corrected chi connectivity index (χ3v) is 12.1. The highest BCUT2D eigenvalue weighted by Gasteiger charge is 2.71. The molecular formula is C39H33ClN2O7S. The van der Waals surface area contributed by atoms with E-state index >= 15 is 4.79 Å². The summed E-state index contributed by atoms with van der Waals surface area (Å²) >= 11 is 7.88. The summed E-state index contributed by atoms with van der Waals surface area (Å²) in [6, 6.07) is 22.6. The normalized spacial score (nSPS) is 27.2. The number of carbonyl (C=O) groups excluding carboxylic acids is 4. The van der Waals surface area contributed by atoms with Gasteiger partial charge in [0.15, 0.2) is 0 Å². The number of phenols is 1. The van der Waals surface area contributed by atoms with E-state index in [4.69, 9.17) is 21.1 Å². The summed E-state index contributed by atoms with van der Waals surface area (Å²) in [5, 5.41) is 14.1. The molecule has 0 spiro atoms. The molecule has 4 aliphatic rings. The summed E-state index contributed by atoms with van der Waals surface area (Å²) in [4.78, 5) is 62.0. The lowest BCUT2D eigenvalue weighted by Crippen LogP contribution is -2.53. The Bertz CT molecular complexity index is 2080. The van der Waals surface area contributed by atoms with Crippen molar-refractivity contribution in [2.75, 3.05) is 19.1 Å². The Morgan fingerprint density at radius 2 is 1.70 bits per heavy atom. The minimum absolute atomic E-state index is 0.144. The zero-order valence-electron chi connectivity index (χ0n) is 27.2. The number of likely N-dealkylation sites (tertiary alicyclic amines) is 1. The molecule has 0 bridgehead atoms. The van der Waals surface area contributed by atoms with E-state index in [-0.39, 0.29) is 42.7 Å². The zero-order valence-corrected chi connectivity index (χ0v) is 28.8. The number of halogens is 1. The van der Waals surface area contributed by atoms with Crippen LogP contribution in [0.15, 0.2) is 95.9 Å². The number of anilines is 1. The van der Waals surface area contributed by atoms with Gasteiger partial charge in [0.25, 0.3) is 0 Å². The lowest BCUT2D eigenvalue weighted by molar-refractivity contribution is -0.141. The molecule has 3 aromatic carbocycles. The second-order valence-electron chi connectivity index (χ2n) is 13.2. The van der Waals surface area contributed by atoms with Crippen molar-refractivity contribution >= 4 is 52.3 Å². The van der Waals surface area contributed by atoms with Crippen molar-refractivity contribution in [1.82, 2.24) is 4.90 Å². The highest BCUT2D eigenvalue weighted by atomic mass is 35.5. The Balaban J connectivity index is 1.38. The smallest absolute Gasteiger partial charge is 0.246 e. The van der Waals surface area contributed by atoms with Crippen molar-refractivity contribution in [2.24, 2.45) is 23.7 Å². The first-order valence-electron chi connectivity index (χ1n) is 16.4. The molecule has 11 heteroatoms. The lowest BCUT2D eigenvalue weighted by atomic mass is 9.49. The maximum Gasteiger partial charge on any atom is 0.246 e. The lowest BCUT2D eigenvalue weighted by Gasteiger charge is -2.51. The number of hydrogen-bond acceptors (Lipinski definition) is 8. The van der Waals surface area contributed by atoms with Crippen LogP contribution in [0.25, 0.3) is 0 Å². The van der Waals surface area contributed by atoms with Crippen molar-refractivity contribution in [1.29, 1.82) is 0 Å². The quantitative estimate of drug-likeness (QED) is 0.173. The molecule has 254 valence electrons. The molecule has 8 rings (SSSR count). The summed E-state index contributed by atoms with van der Waals surface area (Å²) in [5.74, 6) is -4.86. The second kappa shape index (κ2) is 12.1. The molecule has 2 saturated heterocycles. The summed E-state index contributed by atoms with van der Waals surface area (Å²) in [6.07, 6.45) is 2.37. The van der Waals surface area contributed by atoms with Gasteiger partial charge in [-0.05, 0) is 54.0 Å². The van der Waals surface area contributed by atoms with Gasteiger partial charge in [0.2, 0.25) is 23.6 Å². The van der Waals surface area contributed by atoms with Crippen LogP contribution in [0.3, 0.4) is 0 Å². The number of carbonyl (C=O) groups is 4. The Morgan fingerprint density at radius 1 is 0.900 bits per heavy atom. The summed E-state index contributed by atoms with van der Waals surface area (Å²) in [7, 11) is 2.94. The molecule has 3 fully saturated rings. The number of ether oxygens (including phenoxy) is 2. The third kappa shape index (κ3) is 4.58. The van der Waals surface area contributed by atoms with Gasteiger partial charge in [-0.25, -0.2) is 4.90 Å². The Labute approximate surface area is 297 Å². The van der Waals surface area contributed by atoms with E-state index in [2.05, 4.69) is 0 Å². The Hall–Kier alpha value is -4.93. The number of phenolic OH excluding ortho intramolecular Hbond substituents is 1. The van der Waals surface area contributed by atoms with E-state index in [1.54, 1.807) is 30.3 Å². The van der Waals surface area contributed by atoms with Gasteiger partial charge in [-0.1, -0.05) is 65.7 Å². The fourth-order valence-corrected chi connectivity index (χ4v) is 9.88. The predicted octanol–water partition coefficient (Wildman–Crippen LogP) is 6.49. The highest BCUT2D eigenvalue weighted by molar-refractivity contribution is 7.09. The topological polar surface area (TPSA) is 113 Å². The molecular weight excluding hydrogens is 676 g/mol. The van der Waals surface area contributed by atoms with Crippen LogP contribution < -0.4 is 14.4 Å². The summed E-state index contributed by atoms with van der Waals surface area (Å²) < 4.78 is 11.4. The molecule has 4 aromatic rings. The van der Waals surface area contributed by atoms with Crippen molar-refractivity contribution in [3.63, 3.8) is 0 Å². The van der Waals surface area contributed by atoms with Crippen LogP contribution in [0.5, 0.6) is 17.2 Å². The van der Waals surface area contributed by atoms with Gasteiger partial charge in [-0.3, -0.25) is 24.1 Å². The van der Waals surface area contributed by atoms with Crippen LogP contribution in [-0.2, 0) is 31.1 Å². The number of aromatic hydroxyl groups is 1. The molecule has 1 N–H and O–H groups in total. The fourth-order valence-electron chi connectivity index (χ4n) is 9.00. The molecule has 6 atom stereocenters. The summed E-state index contributed by atoms with van der Waals surface area (Å²) in [5.41, 5.74) is 0.379. The average Bonchev–Trinajstić information content (AvgIpc) is 3.79. The maximum atomic E-state index is 15.4. The van der Waals surface area contributed by atoms with Gasteiger partial charge in [-0.15, -0.1) is 11.3 Å². The largest absolute Gasteiger partial charge is 0.507 e. The monoisotopic (exact) mass is 708 g/mol. The van der Waals surface area contributed by atoms with Gasteiger partial charge in [0, 0.05) is 33.5 Å². The number of allylic oxidation sites excluding steroid dienone is 2. The van der Waals surface area contributed by atoms with Crippen molar-refractivity contribution in [3.05, 3.63) is 117 Å². The summed E-state index contributed by atoms with van der Waals surface area (Å²) in [6.45, 7) is 0.179. The molecule has 2 aliphatic heterocycles. The van der Waals surface area contributed by atoms with Crippen molar-refractivity contribution in [3.8, 4) is 17.2 Å². The van der Waals surface area contributed by atoms with Crippen molar-refractivity contribution in [2.45, 2.75) is 30.7 Å². The number of rotatable bonds is 7. The SMILES string of the molecule is COc1cc(O)c([C@H]2C3=CC[C@@H]4C(=O)N(Cc5cccs5)C(=O)[C@@H]4[C@@H]3C[C@H]3C(=O)N(c4cccc(Cl)c4)C(=O)[C@@]23c2ccccc2)c(OC)c1. The van der Waals surface area contributed by atoms with E-state index < -0.39 is 46.8 Å². The predicted molar refractivity (Wildman–Crippen MR) is 187 cm³/mol.